The summed E-state index contributed by atoms with van der Waals surface area (Å²) >= 11 is 0. The van der Waals surface area contributed by atoms with Crippen molar-refractivity contribution in [2.75, 3.05) is 48.5 Å². The summed E-state index contributed by atoms with van der Waals surface area (Å²) in [4.78, 5) is 30.1. The molecule has 9 heteroatoms. The number of amides is 1. The van der Waals surface area contributed by atoms with Crippen LogP contribution in [0, 0.1) is 6.92 Å². The third kappa shape index (κ3) is 6.15. The standard InChI is InChI=1S/C32H36N2O7/c1-20-9-7-8-10-22(20)19-41-24-13-11-21(12-14-24)29(35)27-28(34(16-15-33(2)3)32(37)30(27)36)23-17-25(38-4)31(40-6)26(18-23)39-5/h7-14,17-18,28,35H,15-16,19H2,1-6H3/b29-27+/t28-/m1/s1. The maximum atomic E-state index is 13.4. The number of likely N-dealkylation sites (tertiary alicyclic amines) is 1. The summed E-state index contributed by atoms with van der Waals surface area (Å²) in [5, 5.41) is 11.5. The second-order valence-corrected chi connectivity index (χ2v) is 9.99. The van der Waals surface area contributed by atoms with Gasteiger partial charge in [0.1, 0.15) is 18.1 Å². The van der Waals surface area contributed by atoms with E-state index >= 15 is 0 Å². The first-order valence-corrected chi connectivity index (χ1v) is 13.2. The van der Waals surface area contributed by atoms with E-state index in [0.717, 1.165) is 11.1 Å². The Kier molecular flexibility index (Phi) is 9.19. The molecule has 0 spiro atoms. The summed E-state index contributed by atoms with van der Waals surface area (Å²) in [6.07, 6.45) is 0. The van der Waals surface area contributed by atoms with Crippen molar-refractivity contribution in [2.24, 2.45) is 0 Å². The monoisotopic (exact) mass is 560 g/mol. The molecule has 1 fully saturated rings. The van der Waals surface area contributed by atoms with Gasteiger partial charge in [-0.1, -0.05) is 24.3 Å². The quantitative estimate of drug-likeness (QED) is 0.207. The fourth-order valence-corrected chi connectivity index (χ4v) is 4.82. The van der Waals surface area contributed by atoms with Crippen molar-refractivity contribution in [2.45, 2.75) is 19.6 Å². The molecular weight excluding hydrogens is 524 g/mol. The maximum Gasteiger partial charge on any atom is 0.295 e. The Morgan fingerprint density at radius 2 is 1.56 bits per heavy atom. The fourth-order valence-electron chi connectivity index (χ4n) is 4.82. The van der Waals surface area contributed by atoms with Crippen LogP contribution in [0.1, 0.15) is 28.3 Å². The molecule has 41 heavy (non-hydrogen) atoms. The second-order valence-electron chi connectivity index (χ2n) is 9.99. The molecule has 216 valence electrons. The molecular formula is C32H36N2O7. The highest BCUT2D eigenvalue weighted by Crippen LogP contribution is 2.45. The number of likely N-dealkylation sites (N-methyl/N-ethyl adjacent to an activating group) is 1. The Balaban J connectivity index is 1.74. The molecule has 1 aliphatic heterocycles. The molecule has 1 N–H and O–H groups in total. The van der Waals surface area contributed by atoms with Gasteiger partial charge >= 0.3 is 0 Å². The number of nitrogens with zero attached hydrogens (tertiary/aromatic N) is 2. The van der Waals surface area contributed by atoms with Crippen molar-refractivity contribution in [1.29, 1.82) is 0 Å². The van der Waals surface area contributed by atoms with E-state index in [1.807, 2.05) is 50.2 Å². The third-order valence-electron chi connectivity index (χ3n) is 7.11. The predicted molar refractivity (Wildman–Crippen MR) is 156 cm³/mol. The van der Waals surface area contributed by atoms with Crippen molar-refractivity contribution >= 4 is 17.4 Å². The zero-order chi connectivity index (χ0) is 29.7. The number of carbonyl (C=O) groups excluding carboxylic acids is 2. The molecule has 0 saturated carbocycles. The van der Waals surface area contributed by atoms with Crippen LogP contribution in [-0.2, 0) is 16.2 Å². The Labute approximate surface area is 240 Å². The van der Waals surface area contributed by atoms with Crippen molar-refractivity contribution in [3.05, 3.63) is 88.5 Å². The van der Waals surface area contributed by atoms with Crippen LogP contribution in [-0.4, -0.2) is 75.1 Å². The number of ether oxygens (including phenoxy) is 4. The number of Topliss-reactive ketones (excluding diaryl/α,β-unsaturated/α-hetero) is 1. The first-order valence-electron chi connectivity index (χ1n) is 13.2. The average molecular weight is 561 g/mol. The molecule has 1 heterocycles. The van der Waals surface area contributed by atoms with Crippen LogP contribution in [0.25, 0.3) is 5.76 Å². The molecule has 4 rings (SSSR count). The number of aliphatic hydroxyl groups excluding tert-OH is 1. The number of methoxy groups -OCH3 is 3. The maximum absolute atomic E-state index is 13.4. The summed E-state index contributed by atoms with van der Waals surface area (Å²) < 4.78 is 22.4. The average Bonchev–Trinajstić information content (AvgIpc) is 3.23. The lowest BCUT2D eigenvalue weighted by atomic mass is 9.94. The van der Waals surface area contributed by atoms with Gasteiger partial charge in [0.25, 0.3) is 11.7 Å². The number of rotatable bonds is 11. The van der Waals surface area contributed by atoms with Crippen LogP contribution in [0.15, 0.2) is 66.2 Å². The Morgan fingerprint density at radius 1 is 0.927 bits per heavy atom. The summed E-state index contributed by atoms with van der Waals surface area (Å²) in [5.41, 5.74) is 3.11. The fraction of sp³-hybridized carbons (Fsp3) is 0.312. The molecule has 1 atom stereocenters. The Hall–Kier alpha value is -4.50. The van der Waals surface area contributed by atoms with Gasteiger partial charge in [0.15, 0.2) is 11.5 Å². The lowest BCUT2D eigenvalue weighted by molar-refractivity contribution is -0.140. The minimum absolute atomic E-state index is 0.0170. The zero-order valence-electron chi connectivity index (χ0n) is 24.3. The Morgan fingerprint density at radius 3 is 2.12 bits per heavy atom. The molecule has 0 aliphatic carbocycles. The number of carbonyl (C=O) groups is 2. The number of benzene rings is 3. The zero-order valence-corrected chi connectivity index (χ0v) is 24.3. The minimum atomic E-state index is -0.874. The number of hydrogen-bond acceptors (Lipinski definition) is 8. The van der Waals surface area contributed by atoms with Crippen molar-refractivity contribution in [3.63, 3.8) is 0 Å². The van der Waals surface area contributed by atoms with Gasteiger partial charge in [-0.05, 0) is 74.1 Å². The van der Waals surface area contributed by atoms with Crippen molar-refractivity contribution in [1.82, 2.24) is 9.80 Å². The topological polar surface area (TPSA) is 97.8 Å². The molecule has 0 bridgehead atoms. The highest BCUT2D eigenvalue weighted by molar-refractivity contribution is 6.46. The number of aryl methyl sites for hydroxylation is 1. The Bertz CT molecular complexity index is 1420. The van der Waals surface area contributed by atoms with Gasteiger partial charge in [0, 0.05) is 18.7 Å². The molecule has 0 aromatic heterocycles. The molecule has 3 aromatic carbocycles. The van der Waals surface area contributed by atoms with E-state index in [0.29, 0.717) is 47.3 Å². The van der Waals surface area contributed by atoms with E-state index in [1.54, 1.807) is 36.4 Å². The van der Waals surface area contributed by atoms with Crippen LogP contribution < -0.4 is 18.9 Å². The highest BCUT2D eigenvalue weighted by Gasteiger charge is 2.46. The van der Waals surface area contributed by atoms with Crippen LogP contribution >= 0.6 is 0 Å². The molecule has 9 nitrogen and oxygen atoms in total. The van der Waals surface area contributed by atoms with Crippen LogP contribution in [0.3, 0.4) is 0 Å². The van der Waals surface area contributed by atoms with Crippen molar-refractivity contribution in [3.8, 4) is 23.0 Å². The SMILES string of the molecule is COc1cc([C@@H]2/C(=C(\O)c3ccc(OCc4ccccc4C)cc3)C(=O)C(=O)N2CCN(C)C)cc(OC)c1OC. The second kappa shape index (κ2) is 12.8. The predicted octanol–water partition coefficient (Wildman–Crippen LogP) is 4.58. The van der Waals surface area contributed by atoms with Gasteiger partial charge in [-0.2, -0.15) is 0 Å². The molecule has 1 saturated heterocycles. The van der Waals surface area contributed by atoms with Gasteiger partial charge in [-0.3, -0.25) is 9.59 Å². The summed E-state index contributed by atoms with van der Waals surface area (Å²) in [7, 11) is 8.25. The van der Waals surface area contributed by atoms with E-state index in [2.05, 4.69) is 0 Å². The number of ketones is 1. The van der Waals surface area contributed by atoms with E-state index < -0.39 is 17.7 Å². The third-order valence-corrected chi connectivity index (χ3v) is 7.11. The summed E-state index contributed by atoms with van der Waals surface area (Å²) in [6, 6.07) is 17.3. The van der Waals surface area contributed by atoms with Gasteiger partial charge in [-0.15, -0.1) is 0 Å². The van der Waals surface area contributed by atoms with E-state index in [9.17, 15) is 14.7 Å². The van der Waals surface area contributed by atoms with E-state index in [1.165, 1.54) is 26.2 Å². The van der Waals surface area contributed by atoms with Gasteiger partial charge in [-0.25, -0.2) is 0 Å². The van der Waals surface area contributed by atoms with Gasteiger partial charge in [0.2, 0.25) is 5.75 Å². The molecule has 1 amide bonds. The molecule has 1 aliphatic rings. The molecule has 3 aromatic rings. The van der Waals surface area contributed by atoms with Crippen molar-refractivity contribution < 1.29 is 33.6 Å². The first-order chi connectivity index (χ1) is 19.7. The van der Waals surface area contributed by atoms with Crippen LogP contribution in [0.4, 0.5) is 0 Å². The smallest absolute Gasteiger partial charge is 0.295 e. The highest BCUT2D eigenvalue weighted by atomic mass is 16.5. The number of hydrogen-bond donors (Lipinski definition) is 1. The normalized spacial score (nSPS) is 16.3. The van der Waals surface area contributed by atoms with Crippen LogP contribution in [0.2, 0.25) is 0 Å². The van der Waals surface area contributed by atoms with Gasteiger partial charge in [0.05, 0.1) is 32.9 Å². The summed E-state index contributed by atoms with van der Waals surface area (Å²) in [6.45, 7) is 3.20. The first kappa shape index (κ1) is 29.5. The van der Waals surface area contributed by atoms with Crippen LogP contribution in [0.5, 0.6) is 23.0 Å². The minimum Gasteiger partial charge on any atom is -0.507 e. The summed E-state index contributed by atoms with van der Waals surface area (Å²) in [5.74, 6) is -0.00164. The molecule has 0 radical (unpaired) electrons. The van der Waals surface area contributed by atoms with Gasteiger partial charge < -0.3 is 33.9 Å². The van der Waals surface area contributed by atoms with E-state index in [4.69, 9.17) is 18.9 Å². The largest absolute Gasteiger partial charge is 0.507 e. The number of aliphatic hydroxyl groups is 1. The molecule has 0 unspecified atom stereocenters. The van der Waals surface area contributed by atoms with E-state index in [-0.39, 0.29) is 17.9 Å². The lowest BCUT2D eigenvalue weighted by Crippen LogP contribution is -2.35. The lowest BCUT2D eigenvalue weighted by Gasteiger charge is -2.27.